The Hall–Kier alpha value is -1.46. The summed E-state index contributed by atoms with van der Waals surface area (Å²) >= 11 is 4.77. The normalized spacial score (nSPS) is 11.0. The van der Waals surface area contributed by atoms with Crippen LogP contribution in [0.15, 0.2) is 39.6 Å². The zero-order valence-electron chi connectivity index (χ0n) is 9.04. The number of carbonyl (C=O) groups is 1. The van der Waals surface area contributed by atoms with Gasteiger partial charge in [0.15, 0.2) is 5.78 Å². The average Bonchev–Trinajstić information content (AvgIpc) is 2.94. The van der Waals surface area contributed by atoms with Gasteiger partial charge in [-0.3, -0.25) is 4.79 Å². The van der Waals surface area contributed by atoms with Crippen LogP contribution < -0.4 is 0 Å². The quantitative estimate of drug-likeness (QED) is 0.698. The summed E-state index contributed by atoms with van der Waals surface area (Å²) in [7, 11) is 0. The Labute approximate surface area is 115 Å². The Kier molecular flexibility index (Phi) is 2.80. The fourth-order valence-electron chi connectivity index (χ4n) is 1.87. The van der Waals surface area contributed by atoms with Crippen LogP contribution in [0.3, 0.4) is 0 Å². The number of fused-ring (bicyclic) bond motifs is 1. The van der Waals surface area contributed by atoms with Gasteiger partial charge in [0.1, 0.15) is 5.82 Å². The molecule has 0 unspecified atom stereocenters. The van der Waals surface area contributed by atoms with Crippen molar-refractivity contribution in [2.75, 3.05) is 0 Å². The van der Waals surface area contributed by atoms with E-state index in [9.17, 15) is 9.18 Å². The van der Waals surface area contributed by atoms with Crippen molar-refractivity contribution in [3.05, 3.63) is 56.6 Å². The SMILES string of the molecule is O=C(c1csc(Br)c1)c1c[nH]c2ccc(F)cc12. The van der Waals surface area contributed by atoms with Crippen molar-refractivity contribution in [1.29, 1.82) is 0 Å². The van der Waals surface area contributed by atoms with Gasteiger partial charge in [-0.25, -0.2) is 4.39 Å². The van der Waals surface area contributed by atoms with Gasteiger partial charge in [-0.2, -0.15) is 0 Å². The molecule has 18 heavy (non-hydrogen) atoms. The number of hydrogen-bond acceptors (Lipinski definition) is 2. The van der Waals surface area contributed by atoms with Crippen molar-refractivity contribution in [2.24, 2.45) is 0 Å². The molecule has 2 heterocycles. The van der Waals surface area contributed by atoms with Gasteiger partial charge in [0.25, 0.3) is 0 Å². The third-order valence-electron chi connectivity index (χ3n) is 2.72. The third-order valence-corrected chi connectivity index (χ3v) is 4.22. The van der Waals surface area contributed by atoms with Crippen molar-refractivity contribution >= 4 is 44.0 Å². The van der Waals surface area contributed by atoms with Crippen LogP contribution in [0.4, 0.5) is 4.39 Å². The topological polar surface area (TPSA) is 32.9 Å². The first-order valence-electron chi connectivity index (χ1n) is 5.20. The van der Waals surface area contributed by atoms with Gasteiger partial charge >= 0.3 is 0 Å². The van der Waals surface area contributed by atoms with Gasteiger partial charge in [-0.15, -0.1) is 11.3 Å². The van der Waals surface area contributed by atoms with Crippen molar-refractivity contribution in [3.8, 4) is 0 Å². The average molecular weight is 324 g/mol. The molecular weight excluding hydrogens is 317 g/mol. The summed E-state index contributed by atoms with van der Waals surface area (Å²) in [6, 6.07) is 6.14. The van der Waals surface area contributed by atoms with Gasteiger partial charge < -0.3 is 4.98 Å². The van der Waals surface area contributed by atoms with Gasteiger partial charge in [0, 0.05) is 33.6 Å². The Bertz CT molecular complexity index is 746. The second-order valence-corrected chi connectivity index (χ2v) is 6.15. The summed E-state index contributed by atoms with van der Waals surface area (Å²) in [4.78, 5) is 15.3. The van der Waals surface area contributed by atoms with E-state index >= 15 is 0 Å². The van der Waals surface area contributed by atoms with Crippen LogP contribution in [-0.4, -0.2) is 10.8 Å². The Morgan fingerprint density at radius 1 is 1.33 bits per heavy atom. The largest absolute Gasteiger partial charge is 0.360 e. The second kappa shape index (κ2) is 4.33. The molecule has 3 rings (SSSR count). The molecule has 0 aliphatic carbocycles. The number of rotatable bonds is 2. The first-order chi connectivity index (χ1) is 8.65. The van der Waals surface area contributed by atoms with Crippen LogP contribution in [0, 0.1) is 5.82 Å². The van der Waals surface area contributed by atoms with Crippen LogP contribution in [0.25, 0.3) is 10.9 Å². The molecule has 0 aliphatic rings. The van der Waals surface area contributed by atoms with E-state index in [-0.39, 0.29) is 11.6 Å². The van der Waals surface area contributed by atoms with Gasteiger partial charge in [-0.1, -0.05) is 0 Å². The fourth-order valence-corrected chi connectivity index (χ4v) is 3.00. The van der Waals surface area contributed by atoms with Crippen molar-refractivity contribution in [3.63, 3.8) is 0 Å². The number of aromatic nitrogens is 1. The number of aromatic amines is 1. The first kappa shape index (κ1) is 11.6. The Balaban J connectivity index is 2.14. The number of H-pyrrole nitrogens is 1. The first-order valence-corrected chi connectivity index (χ1v) is 6.88. The molecule has 0 radical (unpaired) electrons. The molecule has 2 nitrogen and oxygen atoms in total. The molecule has 1 aromatic carbocycles. The molecule has 1 N–H and O–H groups in total. The molecule has 0 atom stereocenters. The molecule has 0 fully saturated rings. The highest BCUT2D eigenvalue weighted by Gasteiger charge is 2.15. The predicted octanol–water partition coefficient (Wildman–Crippen LogP) is 4.36. The summed E-state index contributed by atoms with van der Waals surface area (Å²) in [5, 5.41) is 2.40. The van der Waals surface area contributed by atoms with Crippen LogP contribution in [0.1, 0.15) is 15.9 Å². The number of carbonyl (C=O) groups excluding carboxylic acids is 1. The van der Waals surface area contributed by atoms with E-state index < -0.39 is 0 Å². The smallest absolute Gasteiger partial charge is 0.196 e. The minimum atomic E-state index is -0.345. The number of thiophene rings is 1. The summed E-state index contributed by atoms with van der Waals surface area (Å²) in [6.45, 7) is 0. The third kappa shape index (κ3) is 1.89. The molecule has 0 amide bonds. The van der Waals surface area contributed by atoms with E-state index in [1.807, 2.05) is 0 Å². The molecule has 0 aliphatic heterocycles. The van der Waals surface area contributed by atoms with Crippen LogP contribution in [0.2, 0.25) is 0 Å². The molecule has 0 saturated carbocycles. The van der Waals surface area contributed by atoms with Crippen LogP contribution >= 0.6 is 27.3 Å². The van der Waals surface area contributed by atoms with Crippen molar-refractivity contribution in [2.45, 2.75) is 0 Å². The number of nitrogens with one attached hydrogen (secondary N) is 1. The lowest BCUT2D eigenvalue weighted by molar-refractivity contribution is 0.104. The lowest BCUT2D eigenvalue weighted by Gasteiger charge is -1.96. The fraction of sp³-hybridized carbons (Fsp3) is 0. The van der Waals surface area contributed by atoms with Gasteiger partial charge in [0.2, 0.25) is 0 Å². The summed E-state index contributed by atoms with van der Waals surface area (Å²) < 4.78 is 14.1. The number of ketones is 1. The van der Waals surface area contributed by atoms with E-state index in [2.05, 4.69) is 20.9 Å². The maximum absolute atomic E-state index is 13.2. The van der Waals surface area contributed by atoms with Gasteiger partial charge in [0.05, 0.1) is 3.79 Å². The summed E-state index contributed by atoms with van der Waals surface area (Å²) in [5.41, 5.74) is 1.86. The van der Waals surface area contributed by atoms with Crippen LogP contribution in [-0.2, 0) is 0 Å². The summed E-state index contributed by atoms with van der Waals surface area (Å²) in [5.74, 6) is -0.448. The number of halogens is 2. The monoisotopic (exact) mass is 323 g/mol. The maximum atomic E-state index is 13.2. The lowest BCUT2D eigenvalue weighted by atomic mass is 10.1. The minimum absolute atomic E-state index is 0.103. The van der Waals surface area contributed by atoms with Crippen molar-refractivity contribution in [1.82, 2.24) is 4.98 Å². The maximum Gasteiger partial charge on any atom is 0.196 e. The number of benzene rings is 1. The Morgan fingerprint density at radius 2 is 2.17 bits per heavy atom. The summed E-state index contributed by atoms with van der Waals surface area (Å²) in [6.07, 6.45) is 1.62. The predicted molar refractivity (Wildman–Crippen MR) is 73.7 cm³/mol. The van der Waals surface area contributed by atoms with Crippen LogP contribution in [0.5, 0.6) is 0 Å². The zero-order valence-corrected chi connectivity index (χ0v) is 11.4. The minimum Gasteiger partial charge on any atom is -0.360 e. The standard InChI is InChI=1S/C13H7BrFNOS/c14-12-3-7(6-18-12)13(17)10-5-16-11-2-1-8(15)4-9(10)11/h1-6,16H. The molecule has 0 saturated heterocycles. The highest BCUT2D eigenvalue weighted by molar-refractivity contribution is 9.11. The Morgan fingerprint density at radius 3 is 2.89 bits per heavy atom. The van der Waals surface area contributed by atoms with E-state index in [0.717, 1.165) is 9.30 Å². The molecule has 0 spiro atoms. The number of hydrogen-bond donors (Lipinski definition) is 1. The van der Waals surface area contributed by atoms with Gasteiger partial charge in [-0.05, 0) is 40.2 Å². The second-order valence-electron chi connectivity index (χ2n) is 3.86. The van der Waals surface area contributed by atoms with E-state index in [4.69, 9.17) is 0 Å². The lowest BCUT2D eigenvalue weighted by Crippen LogP contribution is -1.98. The van der Waals surface area contributed by atoms with E-state index in [1.54, 1.807) is 23.7 Å². The van der Waals surface area contributed by atoms with E-state index in [0.29, 0.717) is 16.5 Å². The van der Waals surface area contributed by atoms with E-state index in [1.165, 1.54) is 23.5 Å². The molecule has 3 aromatic rings. The molecule has 2 aromatic heterocycles. The molecular formula is C13H7BrFNOS. The molecule has 0 bridgehead atoms. The molecule has 5 heteroatoms. The highest BCUT2D eigenvalue weighted by Crippen LogP contribution is 2.26. The highest BCUT2D eigenvalue weighted by atomic mass is 79.9. The molecule has 90 valence electrons. The zero-order chi connectivity index (χ0) is 12.7. The van der Waals surface area contributed by atoms with Crippen molar-refractivity contribution < 1.29 is 9.18 Å².